The summed E-state index contributed by atoms with van der Waals surface area (Å²) in [5, 5.41) is 11.8. The second-order valence-corrected chi connectivity index (χ2v) is 4.37. The minimum Gasteiger partial charge on any atom is -0.481 e. The Morgan fingerprint density at radius 1 is 1.29 bits per heavy atom. The summed E-state index contributed by atoms with van der Waals surface area (Å²) < 4.78 is 0. The van der Waals surface area contributed by atoms with E-state index in [4.69, 9.17) is 0 Å². The molecule has 2 N–H and O–H groups in total. The average Bonchev–Trinajstić information content (AvgIpc) is 2.15. The second kappa shape index (κ2) is 5.48. The van der Waals surface area contributed by atoms with Crippen LogP contribution in [0.1, 0.15) is 32.3 Å². The molecule has 0 radical (unpaired) electrons. The molecule has 0 bridgehead atoms. The van der Waals surface area contributed by atoms with Gasteiger partial charge in [-0.05, 0) is 23.6 Å². The highest BCUT2D eigenvalue weighted by atomic mass is 16.4. The molecule has 1 aromatic carbocycles. The highest BCUT2D eigenvalue weighted by molar-refractivity contribution is 5.89. The summed E-state index contributed by atoms with van der Waals surface area (Å²) in [4.78, 5) is 22.1. The summed E-state index contributed by atoms with van der Waals surface area (Å²) >= 11 is 0. The van der Waals surface area contributed by atoms with Crippen molar-refractivity contribution in [2.75, 3.05) is 5.32 Å². The van der Waals surface area contributed by atoms with Crippen LogP contribution < -0.4 is 5.32 Å². The number of anilines is 1. The third-order valence-corrected chi connectivity index (χ3v) is 2.50. The Bertz CT molecular complexity index is 426. The van der Waals surface area contributed by atoms with Gasteiger partial charge in [0, 0.05) is 12.6 Å². The molecule has 1 amide bonds. The van der Waals surface area contributed by atoms with Crippen molar-refractivity contribution in [1.82, 2.24) is 0 Å². The first-order valence-corrected chi connectivity index (χ1v) is 5.52. The van der Waals surface area contributed by atoms with Crippen molar-refractivity contribution in [1.29, 1.82) is 0 Å². The Labute approximate surface area is 101 Å². The fourth-order valence-electron chi connectivity index (χ4n) is 1.83. The molecule has 0 aliphatic carbocycles. The smallest absolute Gasteiger partial charge is 0.311 e. The zero-order valence-corrected chi connectivity index (χ0v) is 10.2. The zero-order valence-electron chi connectivity index (χ0n) is 10.2. The summed E-state index contributed by atoms with van der Waals surface area (Å²) in [6.45, 7) is 5.15. The van der Waals surface area contributed by atoms with Crippen molar-refractivity contribution in [3.8, 4) is 0 Å². The largest absolute Gasteiger partial charge is 0.481 e. The van der Waals surface area contributed by atoms with Crippen molar-refractivity contribution in [3.63, 3.8) is 0 Å². The lowest BCUT2D eigenvalue weighted by atomic mass is 9.88. The van der Waals surface area contributed by atoms with Gasteiger partial charge in [0.2, 0.25) is 5.91 Å². The highest BCUT2D eigenvalue weighted by Crippen LogP contribution is 2.26. The Morgan fingerprint density at radius 3 is 2.41 bits per heavy atom. The van der Waals surface area contributed by atoms with E-state index in [1.165, 1.54) is 6.92 Å². The number of hydrogen-bond donors (Lipinski definition) is 2. The number of carboxylic acid groups (broad SMARTS) is 1. The number of amides is 1. The zero-order chi connectivity index (χ0) is 13.0. The van der Waals surface area contributed by atoms with E-state index in [1.54, 1.807) is 24.3 Å². The van der Waals surface area contributed by atoms with Gasteiger partial charge in [-0.2, -0.15) is 0 Å². The molecule has 0 aliphatic rings. The van der Waals surface area contributed by atoms with Gasteiger partial charge < -0.3 is 10.4 Å². The molecule has 0 saturated heterocycles. The summed E-state index contributed by atoms with van der Waals surface area (Å²) in [5.74, 6) is -1.57. The van der Waals surface area contributed by atoms with Crippen LogP contribution in [0, 0.1) is 5.92 Å². The van der Waals surface area contributed by atoms with E-state index >= 15 is 0 Å². The van der Waals surface area contributed by atoms with E-state index in [0.717, 1.165) is 0 Å². The molecule has 1 rings (SSSR count). The van der Waals surface area contributed by atoms with Crippen molar-refractivity contribution < 1.29 is 14.7 Å². The first-order chi connectivity index (χ1) is 7.91. The van der Waals surface area contributed by atoms with Crippen LogP contribution >= 0.6 is 0 Å². The molecule has 0 heterocycles. The number of nitrogens with one attached hydrogen (secondary N) is 1. The lowest BCUT2D eigenvalue weighted by Crippen LogP contribution is -2.17. The Kier molecular flexibility index (Phi) is 4.26. The quantitative estimate of drug-likeness (QED) is 0.842. The molecule has 4 heteroatoms. The van der Waals surface area contributed by atoms with E-state index < -0.39 is 11.9 Å². The molecule has 4 nitrogen and oxygen atoms in total. The fraction of sp³-hybridized carbons (Fsp3) is 0.385. The predicted octanol–water partition coefficient (Wildman–Crippen LogP) is 2.47. The van der Waals surface area contributed by atoms with E-state index in [9.17, 15) is 14.7 Å². The molecular formula is C13H17NO3. The lowest BCUT2D eigenvalue weighted by Gasteiger charge is -2.17. The summed E-state index contributed by atoms with van der Waals surface area (Å²) in [6.07, 6.45) is 0. The molecule has 0 aromatic heterocycles. The number of carbonyl (C=O) groups is 2. The molecule has 0 fully saturated rings. The standard InChI is InChI=1S/C13H17NO3/c1-8(2)12(13(16)17)10-5-4-6-11(7-10)14-9(3)15/h4-8,12H,1-3H3,(H,14,15)(H,16,17). The van der Waals surface area contributed by atoms with Gasteiger partial charge in [0.1, 0.15) is 0 Å². The van der Waals surface area contributed by atoms with Gasteiger partial charge in [-0.3, -0.25) is 9.59 Å². The first-order valence-electron chi connectivity index (χ1n) is 5.52. The number of hydrogen-bond acceptors (Lipinski definition) is 2. The second-order valence-electron chi connectivity index (χ2n) is 4.37. The van der Waals surface area contributed by atoms with Gasteiger partial charge in [-0.15, -0.1) is 0 Å². The Morgan fingerprint density at radius 2 is 1.94 bits per heavy atom. The van der Waals surface area contributed by atoms with Crippen molar-refractivity contribution in [3.05, 3.63) is 29.8 Å². The summed E-state index contributed by atoms with van der Waals surface area (Å²) in [5.41, 5.74) is 1.33. The highest BCUT2D eigenvalue weighted by Gasteiger charge is 2.23. The van der Waals surface area contributed by atoms with Crippen LogP contribution in [0.3, 0.4) is 0 Å². The molecule has 92 valence electrons. The van der Waals surface area contributed by atoms with Gasteiger partial charge in [0.25, 0.3) is 0 Å². The Hall–Kier alpha value is -1.84. The van der Waals surface area contributed by atoms with Crippen molar-refractivity contribution >= 4 is 17.6 Å². The van der Waals surface area contributed by atoms with Gasteiger partial charge >= 0.3 is 5.97 Å². The third-order valence-electron chi connectivity index (χ3n) is 2.50. The number of carboxylic acids is 1. The summed E-state index contributed by atoms with van der Waals surface area (Å²) in [7, 11) is 0. The maximum absolute atomic E-state index is 11.2. The number of aliphatic carboxylic acids is 1. The normalized spacial score (nSPS) is 12.2. The maximum Gasteiger partial charge on any atom is 0.311 e. The van der Waals surface area contributed by atoms with Crippen molar-refractivity contribution in [2.45, 2.75) is 26.7 Å². The molecule has 1 unspecified atom stereocenters. The van der Waals surface area contributed by atoms with Crippen LogP contribution in [0.2, 0.25) is 0 Å². The maximum atomic E-state index is 11.2. The molecular weight excluding hydrogens is 218 g/mol. The minimum absolute atomic E-state index is 0.0000723. The minimum atomic E-state index is -0.847. The van der Waals surface area contributed by atoms with Crippen LogP contribution in [0.25, 0.3) is 0 Å². The van der Waals surface area contributed by atoms with Gasteiger partial charge in [-0.25, -0.2) is 0 Å². The predicted molar refractivity (Wildman–Crippen MR) is 66.0 cm³/mol. The third kappa shape index (κ3) is 3.59. The van der Waals surface area contributed by atoms with Gasteiger partial charge in [0.15, 0.2) is 0 Å². The average molecular weight is 235 g/mol. The fourth-order valence-corrected chi connectivity index (χ4v) is 1.83. The first kappa shape index (κ1) is 13.2. The van der Waals surface area contributed by atoms with Gasteiger partial charge in [0.05, 0.1) is 5.92 Å². The van der Waals surface area contributed by atoms with Crippen LogP contribution in [-0.2, 0) is 9.59 Å². The number of carbonyl (C=O) groups excluding carboxylic acids is 1. The van der Waals surface area contributed by atoms with Crippen LogP contribution in [0.5, 0.6) is 0 Å². The number of benzene rings is 1. The van der Waals surface area contributed by atoms with Crippen molar-refractivity contribution in [2.24, 2.45) is 5.92 Å². The number of rotatable bonds is 4. The van der Waals surface area contributed by atoms with Crippen LogP contribution in [0.4, 0.5) is 5.69 Å². The molecule has 0 saturated carbocycles. The Balaban J connectivity index is 3.04. The van der Waals surface area contributed by atoms with E-state index in [-0.39, 0.29) is 11.8 Å². The van der Waals surface area contributed by atoms with E-state index in [1.807, 2.05) is 13.8 Å². The molecule has 17 heavy (non-hydrogen) atoms. The molecule has 1 aromatic rings. The lowest BCUT2D eigenvalue weighted by molar-refractivity contribution is -0.139. The van der Waals surface area contributed by atoms with E-state index in [0.29, 0.717) is 11.3 Å². The summed E-state index contributed by atoms with van der Waals surface area (Å²) in [6, 6.07) is 6.97. The van der Waals surface area contributed by atoms with Crippen LogP contribution in [0.15, 0.2) is 24.3 Å². The van der Waals surface area contributed by atoms with Gasteiger partial charge in [-0.1, -0.05) is 26.0 Å². The topological polar surface area (TPSA) is 66.4 Å². The SMILES string of the molecule is CC(=O)Nc1cccc(C(C(=O)O)C(C)C)c1. The van der Waals surface area contributed by atoms with Crippen LogP contribution in [-0.4, -0.2) is 17.0 Å². The molecule has 0 aliphatic heterocycles. The monoisotopic (exact) mass is 235 g/mol. The van der Waals surface area contributed by atoms with E-state index in [2.05, 4.69) is 5.32 Å². The molecule has 0 spiro atoms. The molecule has 1 atom stereocenters.